The molecule has 0 saturated heterocycles. The van der Waals surface area contributed by atoms with Crippen LogP contribution in [0.25, 0.3) is 0 Å². The van der Waals surface area contributed by atoms with Crippen molar-refractivity contribution in [2.45, 2.75) is 32.3 Å². The van der Waals surface area contributed by atoms with Crippen molar-refractivity contribution in [1.29, 1.82) is 0 Å². The van der Waals surface area contributed by atoms with Crippen LogP contribution in [0.15, 0.2) is 72.8 Å². The Labute approximate surface area is 214 Å². The van der Waals surface area contributed by atoms with Crippen molar-refractivity contribution in [1.82, 2.24) is 4.90 Å². The van der Waals surface area contributed by atoms with Crippen LogP contribution >= 0.6 is 0 Å². The highest BCUT2D eigenvalue weighted by molar-refractivity contribution is 6.21. The first-order chi connectivity index (χ1) is 17.9. The topological polar surface area (TPSA) is 96.0 Å². The van der Waals surface area contributed by atoms with Gasteiger partial charge < -0.3 is 15.0 Å². The van der Waals surface area contributed by atoms with Gasteiger partial charge in [-0.05, 0) is 55.7 Å². The Morgan fingerprint density at radius 3 is 2.24 bits per heavy atom. The fraction of sp³-hybridized carbons (Fsp3) is 0.241. The van der Waals surface area contributed by atoms with Gasteiger partial charge in [-0.25, -0.2) is 0 Å². The van der Waals surface area contributed by atoms with Crippen molar-refractivity contribution < 1.29 is 23.9 Å². The Bertz CT molecular complexity index is 1340. The second-order valence-corrected chi connectivity index (χ2v) is 9.13. The number of anilines is 2. The molecule has 37 heavy (non-hydrogen) atoms. The van der Waals surface area contributed by atoms with Gasteiger partial charge in [0.2, 0.25) is 5.91 Å². The van der Waals surface area contributed by atoms with Gasteiger partial charge in [-0.3, -0.25) is 24.1 Å². The lowest BCUT2D eigenvalue weighted by atomic mass is 10.1. The second kappa shape index (κ2) is 10.3. The molecule has 0 aliphatic carbocycles. The Kier molecular flexibility index (Phi) is 6.72. The van der Waals surface area contributed by atoms with Crippen LogP contribution in [0, 0.1) is 0 Å². The summed E-state index contributed by atoms with van der Waals surface area (Å²) in [5.41, 5.74) is 3.07. The summed E-state index contributed by atoms with van der Waals surface area (Å²) in [4.78, 5) is 53.4. The minimum absolute atomic E-state index is 0.132. The Morgan fingerprint density at radius 2 is 1.54 bits per heavy atom. The number of ether oxygens (including phenoxy) is 1. The van der Waals surface area contributed by atoms with Crippen LogP contribution in [0.2, 0.25) is 0 Å². The number of carbonyl (C=O) groups is 4. The molecule has 1 unspecified atom stereocenters. The van der Waals surface area contributed by atoms with E-state index in [1.165, 1.54) is 4.90 Å². The monoisotopic (exact) mass is 497 g/mol. The molecule has 8 heteroatoms. The average Bonchev–Trinajstić information content (AvgIpc) is 3.15. The Hall–Kier alpha value is -4.46. The summed E-state index contributed by atoms with van der Waals surface area (Å²) in [5, 5.41) is 2.86. The normalized spacial score (nSPS) is 16.4. The van der Waals surface area contributed by atoms with Crippen molar-refractivity contribution in [2.75, 3.05) is 23.3 Å². The largest absolute Gasteiger partial charge is 0.479 e. The molecule has 5 rings (SSSR count). The molecule has 1 N–H and O–H groups in total. The van der Waals surface area contributed by atoms with Crippen LogP contribution in [0.4, 0.5) is 11.4 Å². The third-order valence-electron chi connectivity index (χ3n) is 6.58. The molecule has 0 saturated carbocycles. The molecule has 0 aromatic heterocycles. The number of hydrogen-bond acceptors (Lipinski definition) is 5. The van der Waals surface area contributed by atoms with Crippen LogP contribution in [0.5, 0.6) is 5.75 Å². The molecule has 4 amide bonds. The molecule has 1 atom stereocenters. The number of imide groups is 1. The number of rotatable bonds is 8. The lowest BCUT2D eigenvalue weighted by Gasteiger charge is -2.33. The summed E-state index contributed by atoms with van der Waals surface area (Å²) in [6.07, 6.45) is 0.567. The van der Waals surface area contributed by atoms with Crippen molar-refractivity contribution in [3.63, 3.8) is 0 Å². The van der Waals surface area contributed by atoms with E-state index >= 15 is 0 Å². The van der Waals surface area contributed by atoms with Crippen LogP contribution < -0.4 is 15.0 Å². The zero-order valence-electron chi connectivity index (χ0n) is 20.5. The molecular formula is C29H27N3O5. The fourth-order valence-electron chi connectivity index (χ4n) is 4.66. The van der Waals surface area contributed by atoms with E-state index in [1.54, 1.807) is 54.3 Å². The maximum Gasteiger partial charge on any atom is 0.267 e. The maximum absolute atomic E-state index is 12.9. The summed E-state index contributed by atoms with van der Waals surface area (Å²) in [6.45, 7) is 2.38. The molecule has 0 fully saturated rings. The van der Waals surface area contributed by atoms with Crippen molar-refractivity contribution in [3.05, 3.63) is 89.5 Å². The number of nitrogens with zero attached hydrogens (tertiary/aromatic N) is 2. The average molecular weight is 498 g/mol. The van der Waals surface area contributed by atoms with E-state index < -0.39 is 6.10 Å². The first-order valence-corrected chi connectivity index (χ1v) is 12.3. The van der Waals surface area contributed by atoms with Gasteiger partial charge in [0.1, 0.15) is 5.75 Å². The third-order valence-corrected chi connectivity index (χ3v) is 6.58. The van der Waals surface area contributed by atoms with Gasteiger partial charge in [0, 0.05) is 25.2 Å². The highest BCUT2D eigenvalue weighted by atomic mass is 16.5. The number of fused-ring (bicyclic) bond motifs is 2. The number of carbonyl (C=O) groups excluding carboxylic acids is 4. The molecule has 0 bridgehead atoms. The second-order valence-electron chi connectivity index (χ2n) is 9.13. The van der Waals surface area contributed by atoms with E-state index in [-0.39, 0.29) is 36.6 Å². The SMILES string of the molecule is CC1Oc2ccc(NC(=O)CCCN3C(=O)c4ccccc4C3=O)cc2N(CCc2ccccc2)C1=O. The zero-order valence-corrected chi connectivity index (χ0v) is 20.5. The van der Waals surface area contributed by atoms with E-state index in [2.05, 4.69) is 5.32 Å². The van der Waals surface area contributed by atoms with Crippen LogP contribution in [0.3, 0.4) is 0 Å². The molecule has 188 valence electrons. The zero-order chi connectivity index (χ0) is 25.9. The minimum Gasteiger partial charge on any atom is -0.479 e. The van der Waals surface area contributed by atoms with E-state index in [0.29, 0.717) is 47.6 Å². The number of nitrogens with one attached hydrogen (secondary N) is 1. The van der Waals surface area contributed by atoms with E-state index in [0.717, 1.165) is 5.56 Å². The summed E-state index contributed by atoms with van der Waals surface area (Å²) in [7, 11) is 0. The lowest BCUT2D eigenvalue weighted by Crippen LogP contribution is -2.45. The molecular weight excluding hydrogens is 470 g/mol. The predicted octanol–water partition coefficient (Wildman–Crippen LogP) is 4.06. The summed E-state index contributed by atoms with van der Waals surface area (Å²) in [6, 6.07) is 21.9. The molecule has 2 aliphatic rings. The summed E-state index contributed by atoms with van der Waals surface area (Å²) < 4.78 is 5.78. The highest BCUT2D eigenvalue weighted by Gasteiger charge is 2.35. The van der Waals surface area contributed by atoms with E-state index in [9.17, 15) is 19.2 Å². The van der Waals surface area contributed by atoms with Gasteiger partial charge in [-0.1, -0.05) is 42.5 Å². The third kappa shape index (κ3) is 4.95. The Balaban J connectivity index is 1.21. The van der Waals surface area contributed by atoms with Gasteiger partial charge >= 0.3 is 0 Å². The highest BCUT2D eigenvalue weighted by Crippen LogP contribution is 2.36. The summed E-state index contributed by atoms with van der Waals surface area (Å²) in [5.74, 6) is -0.448. The lowest BCUT2D eigenvalue weighted by molar-refractivity contribution is -0.125. The van der Waals surface area contributed by atoms with Gasteiger partial charge in [0.25, 0.3) is 17.7 Å². The van der Waals surface area contributed by atoms with Gasteiger partial charge in [-0.2, -0.15) is 0 Å². The molecule has 0 radical (unpaired) electrons. The van der Waals surface area contributed by atoms with Crippen LogP contribution in [-0.4, -0.2) is 47.7 Å². The summed E-state index contributed by atoms with van der Waals surface area (Å²) >= 11 is 0. The van der Waals surface area contributed by atoms with Gasteiger partial charge in [-0.15, -0.1) is 0 Å². The van der Waals surface area contributed by atoms with Crippen LogP contribution in [-0.2, 0) is 16.0 Å². The standard InChI is InChI=1S/C29H27N3O5/c1-19-27(34)31(17-15-20-8-3-2-4-9-20)24-18-21(13-14-25(24)37-19)30-26(33)12-7-16-32-28(35)22-10-5-6-11-23(22)29(32)36/h2-6,8-11,13-14,18-19H,7,12,15-17H2,1H3,(H,30,33). The molecule has 0 spiro atoms. The van der Waals surface area contributed by atoms with Gasteiger partial charge in [0.15, 0.2) is 6.10 Å². The van der Waals surface area contributed by atoms with Crippen molar-refractivity contribution in [3.8, 4) is 5.75 Å². The number of hydrogen-bond donors (Lipinski definition) is 1. The van der Waals surface area contributed by atoms with Gasteiger partial charge in [0.05, 0.1) is 16.8 Å². The smallest absolute Gasteiger partial charge is 0.267 e. The quantitative estimate of drug-likeness (QED) is 0.474. The predicted molar refractivity (Wildman–Crippen MR) is 139 cm³/mol. The number of amides is 4. The molecule has 8 nitrogen and oxygen atoms in total. The minimum atomic E-state index is -0.592. The fourth-order valence-corrected chi connectivity index (χ4v) is 4.66. The molecule has 3 aromatic carbocycles. The van der Waals surface area contributed by atoms with E-state index in [1.807, 2.05) is 30.3 Å². The van der Waals surface area contributed by atoms with E-state index in [4.69, 9.17) is 4.74 Å². The molecule has 2 aliphatic heterocycles. The van der Waals surface area contributed by atoms with Crippen molar-refractivity contribution in [2.24, 2.45) is 0 Å². The maximum atomic E-state index is 12.9. The van der Waals surface area contributed by atoms with Crippen molar-refractivity contribution >= 4 is 35.0 Å². The van der Waals surface area contributed by atoms with Crippen LogP contribution in [0.1, 0.15) is 46.0 Å². The first-order valence-electron chi connectivity index (χ1n) is 12.3. The molecule has 2 heterocycles. The Morgan fingerprint density at radius 1 is 0.865 bits per heavy atom. The molecule has 3 aromatic rings. The number of benzene rings is 3. The first kappa shape index (κ1) is 24.2.